The molecule has 118 valence electrons. The van der Waals surface area contributed by atoms with Gasteiger partial charge in [0.25, 0.3) is 0 Å². The monoisotopic (exact) mass is 298 g/mol. The van der Waals surface area contributed by atoms with Gasteiger partial charge in [0.15, 0.2) is 5.71 Å². The maximum atomic E-state index is 11.9. The summed E-state index contributed by atoms with van der Waals surface area (Å²) in [6, 6.07) is -0.226. The molecule has 0 unspecified atom stereocenters. The van der Waals surface area contributed by atoms with Crippen LogP contribution in [-0.2, 0) is 19.1 Å². The van der Waals surface area contributed by atoms with E-state index in [9.17, 15) is 9.59 Å². The van der Waals surface area contributed by atoms with Crippen LogP contribution in [0.1, 0.15) is 40.5 Å². The number of ether oxygens (including phenoxy) is 2. The fourth-order valence-electron chi connectivity index (χ4n) is 2.63. The number of nitrogens with one attached hydrogen (secondary N) is 1. The van der Waals surface area contributed by atoms with Crippen LogP contribution in [-0.4, -0.2) is 42.1 Å². The van der Waals surface area contributed by atoms with Crippen LogP contribution in [0.2, 0.25) is 0 Å². The Morgan fingerprint density at radius 3 is 2.71 bits per heavy atom. The summed E-state index contributed by atoms with van der Waals surface area (Å²) in [6.07, 6.45) is 0.775. The van der Waals surface area contributed by atoms with Crippen molar-refractivity contribution in [2.45, 2.75) is 58.3 Å². The number of esters is 1. The molecular formula is C14H22N2O5. The Balaban J connectivity index is 2.00. The molecule has 1 heterocycles. The van der Waals surface area contributed by atoms with Crippen LogP contribution >= 0.6 is 0 Å². The summed E-state index contributed by atoms with van der Waals surface area (Å²) in [7, 11) is 0. The van der Waals surface area contributed by atoms with E-state index in [1.165, 1.54) is 0 Å². The normalized spacial score (nSPS) is 27.4. The Hall–Kier alpha value is -1.79. The van der Waals surface area contributed by atoms with E-state index >= 15 is 0 Å². The molecule has 0 bridgehead atoms. The Morgan fingerprint density at radius 2 is 2.10 bits per heavy atom. The number of amides is 1. The minimum Gasteiger partial charge on any atom is -0.461 e. The summed E-state index contributed by atoms with van der Waals surface area (Å²) in [6.45, 7) is 7.41. The van der Waals surface area contributed by atoms with Crippen molar-refractivity contribution < 1.29 is 23.9 Å². The van der Waals surface area contributed by atoms with Gasteiger partial charge in [-0.2, -0.15) is 0 Å². The highest BCUT2D eigenvalue weighted by atomic mass is 16.6. The predicted octanol–water partition coefficient (Wildman–Crippen LogP) is 1.61. The molecule has 21 heavy (non-hydrogen) atoms. The Bertz CT molecular complexity index is 455. The summed E-state index contributed by atoms with van der Waals surface area (Å²) in [5.74, 6) is -0.751. The molecule has 1 aliphatic carbocycles. The molecule has 0 aromatic heterocycles. The first-order valence-electron chi connectivity index (χ1n) is 7.22. The van der Waals surface area contributed by atoms with Crippen LogP contribution in [0.3, 0.4) is 0 Å². The van der Waals surface area contributed by atoms with E-state index in [2.05, 4.69) is 10.5 Å². The number of hydrogen-bond donors (Lipinski definition) is 1. The highest BCUT2D eigenvalue weighted by Gasteiger charge is 2.49. The van der Waals surface area contributed by atoms with E-state index in [4.69, 9.17) is 14.3 Å². The summed E-state index contributed by atoms with van der Waals surface area (Å²) >= 11 is 0. The molecule has 1 fully saturated rings. The molecule has 0 aromatic rings. The third-order valence-electron chi connectivity index (χ3n) is 3.39. The third kappa shape index (κ3) is 3.65. The van der Waals surface area contributed by atoms with Crippen molar-refractivity contribution in [1.82, 2.24) is 5.32 Å². The van der Waals surface area contributed by atoms with Gasteiger partial charge in [0, 0.05) is 6.04 Å². The van der Waals surface area contributed by atoms with E-state index in [-0.39, 0.29) is 30.4 Å². The number of alkyl carbamates (subject to hydrolysis) is 1. The minimum atomic E-state index is -0.563. The predicted molar refractivity (Wildman–Crippen MR) is 74.8 cm³/mol. The van der Waals surface area contributed by atoms with Crippen LogP contribution in [0.4, 0.5) is 4.79 Å². The van der Waals surface area contributed by atoms with E-state index in [1.807, 2.05) is 0 Å². The zero-order valence-electron chi connectivity index (χ0n) is 12.8. The number of hydrogen-bond acceptors (Lipinski definition) is 6. The molecule has 2 aliphatic rings. The van der Waals surface area contributed by atoms with Crippen molar-refractivity contribution in [3.63, 3.8) is 0 Å². The fourth-order valence-corrected chi connectivity index (χ4v) is 2.63. The highest BCUT2D eigenvalue weighted by Crippen LogP contribution is 2.35. The molecule has 0 radical (unpaired) electrons. The highest BCUT2D eigenvalue weighted by molar-refractivity contribution is 6.37. The van der Waals surface area contributed by atoms with Gasteiger partial charge in [-0.15, -0.1) is 0 Å². The molecule has 1 N–H and O–H groups in total. The molecule has 2 rings (SSSR count). The fraction of sp³-hybridized carbons (Fsp3) is 0.786. The van der Waals surface area contributed by atoms with Gasteiger partial charge in [0.2, 0.25) is 0 Å². The van der Waals surface area contributed by atoms with E-state index < -0.39 is 17.7 Å². The molecule has 3 atom stereocenters. The molecular weight excluding hydrogens is 276 g/mol. The first-order chi connectivity index (χ1) is 9.81. The quantitative estimate of drug-likeness (QED) is 0.800. The van der Waals surface area contributed by atoms with Gasteiger partial charge in [-0.05, 0) is 40.5 Å². The number of rotatable bonds is 3. The first-order valence-corrected chi connectivity index (χ1v) is 7.22. The second-order valence-electron chi connectivity index (χ2n) is 6.20. The summed E-state index contributed by atoms with van der Waals surface area (Å²) in [5.41, 5.74) is -0.313. The van der Waals surface area contributed by atoms with Crippen molar-refractivity contribution in [2.24, 2.45) is 11.1 Å². The number of nitrogens with zero attached hydrogens (tertiary/aromatic N) is 1. The molecule has 7 heteroatoms. The second-order valence-corrected chi connectivity index (χ2v) is 6.20. The molecule has 1 aliphatic heterocycles. The van der Waals surface area contributed by atoms with Crippen molar-refractivity contribution >= 4 is 17.8 Å². The van der Waals surface area contributed by atoms with Crippen molar-refractivity contribution in [3.8, 4) is 0 Å². The van der Waals surface area contributed by atoms with Gasteiger partial charge in [-0.3, -0.25) is 0 Å². The van der Waals surface area contributed by atoms with Crippen molar-refractivity contribution in [3.05, 3.63) is 0 Å². The van der Waals surface area contributed by atoms with Crippen molar-refractivity contribution in [2.75, 3.05) is 6.61 Å². The minimum absolute atomic E-state index is 0.177. The zero-order valence-corrected chi connectivity index (χ0v) is 12.8. The molecule has 0 saturated heterocycles. The van der Waals surface area contributed by atoms with Crippen LogP contribution in [0.25, 0.3) is 0 Å². The van der Waals surface area contributed by atoms with Gasteiger partial charge in [-0.25, -0.2) is 9.59 Å². The maximum absolute atomic E-state index is 11.9. The standard InChI is InChI=1S/C14H22N2O5/c1-5-19-12(17)11-10-8(6-7-9(10)21-16-11)15-13(18)20-14(2,3)4/h8-10H,5-7H2,1-4H3,(H,15,18)/t8-,9-,10+/m0/s1. The Labute approximate surface area is 124 Å². The average Bonchev–Trinajstić information content (AvgIpc) is 2.90. The van der Waals surface area contributed by atoms with Crippen LogP contribution < -0.4 is 5.32 Å². The lowest BCUT2D eigenvalue weighted by Crippen LogP contribution is -2.45. The lowest BCUT2D eigenvalue weighted by molar-refractivity contribution is -0.135. The van der Waals surface area contributed by atoms with E-state index in [0.717, 1.165) is 6.42 Å². The Morgan fingerprint density at radius 1 is 1.38 bits per heavy atom. The van der Waals surface area contributed by atoms with Gasteiger partial charge in [0.05, 0.1) is 12.5 Å². The van der Waals surface area contributed by atoms with Crippen molar-refractivity contribution in [1.29, 1.82) is 0 Å². The van der Waals surface area contributed by atoms with E-state index in [1.54, 1.807) is 27.7 Å². The number of carbonyl (C=O) groups excluding carboxylic acids is 2. The van der Waals surface area contributed by atoms with E-state index in [0.29, 0.717) is 6.42 Å². The smallest absolute Gasteiger partial charge is 0.407 e. The summed E-state index contributed by atoms with van der Waals surface area (Å²) in [5, 5.41) is 6.62. The van der Waals surface area contributed by atoms with Crippen LogP contribution in [0.15, 0.2) is 5.16 Å². The largest absolute Gasteiger partial charge is 0.461 e. The molecule has 1 saturated carbocycles. The zero-order chi connectivity index (χ0) is 15.6. The number of carbonyl (C=O) groups is 2. The number of fused-ring (bicyclic) bond motifs is 1. The maximum Gasteiger partial charge on any atom is 0.407 e. The Kier molecular flexibility index (Phi) is 4.39. The van der Waals surface area contributed by atoms with Gasteiger partial charge in [-0.1, -0.05) is 5.16 Å². The van der Waals surface area contributed by atoms with Crippen LogP contribution in [0, 0.1) is 5.92 Å². The average molecular weight is 298 g/mol. The lowest BCUT2D eigenvalue weighted by Gasteiger charge is -2.23. The molecule has 1 amide bonds. The summed E-state index contributed by atoms with van der Waals surface area (Å²) in [4.78, 5) is 29.0. The van der Waals surface area contributed by atoms with Crippen LogP contribution in [0.5, 0.6) is 0 Å². The van der Waals surface area contributed by atoms with Gasteiger partial charge in [0.1, 0.15) is 11.7 Å². The second kappa shape index (κ2) is 5.91. The van der Waals surface area contributed by atoms with Gasteiger partial charge < -0.3 is 19.6 Å². The third-order valence-corrected chi connectivity index (χ3v) is 3.39. The lowest BCUT2D eigenvalue weighted by atomic mass is 9.96. The topological polar surface area (TPSA) is 86.2 Å². The molecule has 0 aromatic carbocycles. The molecule has 0 spiro atoms. The number of oxime groups is 1. The van der Waals surface area contributed by atoms with Gasteiger partial charge >= 0.3 is 12.1 Å². The SMILES string of the molecule is CCOC(=O)C1=NO[C@H]2CC[C@H](NC(=O)OC(C)(C)C)[C@@H]12. The summed E-state index contributed by atoms with van der Waals surface area (Å²) < 4.78 is 10.2. The molecule has 7 nitrogen and oxygen atoms in total. The first kappa shape index (κ1) is 15.6.